The summed E-state index contributed by atoms with van der Waals surface area (Å²) in [5.74, 6) is 0.809. The molecule has 1 fully saturated rings. The highest BCUT2D eigenvalue weighted by Crippen LogP contribution is 2.34. The van der Waals surface area contributed by atoms with E-state index in [1.165, 1.54) is 0 Å². The lowest BCUT2D eigenvalue weighted by atomic mass is 10.1. The molecule has 0 N–H and O–H groups in total. The van der Waals surface area contributed by atoms with E-state index in [0.29, 0.717) is 25.9 Å². The Morgan fingerprint density at radius 1 is 1.17 bits per heavy atom. The van der Waals surface area contributed by atoms with Crippen LogP contribution in [0.3, 0.4) is 0 Å². The number of piperidine rings is 1. The molecule has 0 amide bonds. The van der Waals surface area contributed by atoms with Crippen LogP contribution in [-0.2, 0) is 9.84 Å². The van der Waals surface area contributed by atoms with E-state index in [9.17, 15) is 8.42 Å². The zero-order valence-electron chi connectivity index (χ0n) is 16.2. The van der Waals surface area contributed by atoms with Gasteiger partial charge in [0.25, 0.3) is 0 Å². The maximum atomic E-state index is 13.1. The molecule has 158 valence electrons. The molecule has 0 spiro atoms. The number of methoxy groups -OCH3 is 1. The van der Waals surface area contributed by atoms with Gasteiger partial charge in [0, 0.05) is 28.5 Å². The number of hydrogen-bond acceptors (Lipinski definition) is 6. The molecule has 0 saturated carbocycles. The number of sulfone groups is 1. The molecule has 2 aromatic carbocycles. The van der Waals surface area contributed by atoms with Crippen LogP contribution >= 0.6 is 38.9 Å². The molecule has 1 aromatic heterocycles. The van der Waals surface area contributed by atoms with Crippen LogP contribution in [-0.4, -0.2) is 38.9 Å². The third kappa shape index (κ3) is 4.37. The first-order valence-electron chi connectivity index (χ1n) is 9.42. The van der Waals surface area contributed by atoms with Crippen LogP contribution in [0.4, 0.5) is 5.13 Å². The Morgan fingerprint density at radius 3 is 2.50 bits per heavy atom. The Morgan fingerprint density at radius 2 is 1.87 bits per heavy atom. The topological polar surface area (TPSA) is 59.5 Å². The fourth-order valence-electron chi connectivity index (χ4n) is 3.55. The lowest BCUT2D eigenvalue weighted by Crippen LogP contribution is -2.39. The zero-order valence-corrected chi connectivity index (χ0v) is 20.2. The SMILES string of the molecule is COc1ccc(-c2csc(N3CCC(S(=O)(=O)c4ccc(Br)cc4Cl)CC3)n2)cc1. The maximum Gasteiger partial charge on any atom is 0.185 e. The van der Waals surface area contributed by atoms with E-state index in [2.05, 4.69) is 20.8 Å². The third-order valence-electron chi connectivity index (χ3n) is 5.23. The number of thiazole rings is 1. The molecule has 0 aliphatic carbocycles. The number of ether oxygens (including phenoxy) is 1. The number of halogens is 2. The molecular weight excluding hydrogens is 508 g/mol. The van der Waals surface area contributed by atoms with E-state index in [0.717, 1.165) is 26.6 Å². The first-order valence-corrected chi connectivity index (χ1v) is 13.0. The van der Waals surface area contributed by atoms with Crippen LogP contribution in [0.1, 0.15) is 12.8 Å². The van der Waals surface area contributed by atoms with E-state index in [1.807, 2.05) is 29.6 Å². The van der Waals surface area contributed by atoms with Gasteiger partial charge >= 0.3 is 0 Å². The van der Waals surface area contributed by atoms with E-state index in [-0.39, 0.29) is 9.92 Å². The first kappa shape index (κ1) is 21.6. The second kappa shape index (κ2) is 8.86. The van der Waals surface area contributed by atoms with Crippen LogP contribution in [0.5, 0.6) is 5.75 Å². The predicted molar refractivity (Wildman–Crippen MR) is 126 cm³/mol. The predicted octanol–water partition coefficient (Wildman–Crippen LogP) is 5.68. The summed E-state index contributed by atoms with van der Waals surface area (Å²) in [5.41, 5.74) is 1.94. The minimum Gasteiger partial charge on any atom is -0.497 e. The molecule has 2 heterocycles. The lowest BCUT2D eigenvalue weighted by Gasteiger charge is -2.31. The van der Waals surface area contributed by atoms with E-state index in [4.69, 9.17) is 21.3 Å². The molecule has 0 unspecified atom stereocenters. The molecule has 0 atom stereocenters. The Balaban J connectivity index is 1.45. The van der Waals surface area contributed by atoms with Crippen molar-refractivity contribution in [1.82, 2.24) is 4.98 Å². The van der Waals surface area contributed by atoms with Crippen LogP contribution < -0.4 is 9.64 Å². The fourth-order valence-corrected chi connectivity index (χ4v) is 7.21. The van der Waals surface area contributed by atoms with Gasteiger partial charge in [0.2, 0.25) is 0 Å². The highest BCUT2D eigenvalue weighted by atomic mass is 79.9. The van der Waals surface area contributed by atoms with Gasteiger partial charge in [-0.2, -0.15) is 0 Å². The largest absolute Gasteiger partial charge is 0.497 e. The minimum absolute atomic E-state index is 0.210. The van der Waals surface area contributed by atoms with Gasteiger partial charge in [-0.15, -0.1) is 11.3 Å². The second-order valence-corrected chi connectivity index (χ2v) is 11.4. The van der Waals surface area contributed by atoms with Gasteiger partial charge in [0.05, 0.1) is 28.0 Å². The smallest absolute Gasteiger partial charge is 0.185 e. The number of benzene rings is 2. The van der Waals surface area contributed by atoms with E-state index in [1.54, 1.807) is 36.6 Å². The van der Waals surface area contributed by atoms with Crippen molar-refractivity contribution < 1.29 is 13.2 Å². The summed E-state index contributed by atoms with van der Waals surface area (Å²) >= 11 is 11.1. The van der Waals surface area contributed by atoms with Gasteiger partial charge < -0.3 is 9.64 Å². The van der Waals surface area contributed by atoms with Gasteiger partial charge in [0.15, 0.2) is 15.0 Å². The van der Waals surface area contributed by atoms with Crippen molar-refractivity contribution in [3.05, 3.63) is 57.3 Å². The Kier molecular flexibility index (Phi) is 6.39. The standard InChI is InChI=1S/C21H20BrClN2O3S2/c1-28-16-5-2-14(3-6-16)19-13-29-21(24-19)25-10-8-17(9-11-25)30(26,27)20-7-4-15(22)12-18(20)23/h2-7,12-13,17H,8-11H2,1H3. The second-order valence-electron chi connectivity index (χ2n) is 7.05. The monoisotopic (exact) mass is 526 g/mol. The van der Waals surface area contributed by atoms with Gasteiger partial charge in [0.1, 0.15) is 5.75 Å². The normalized spacial score (nSPS) is 15.4. The van der Waals surface area contributed by atoms with Crippen LogP contribution in [0.2, 0.25) is 5.02 Å². The van der Waals surface area contributed by atoms with Crippen molar-refractivity contribution in [2.75, 3.05) is 25.1 Å². The Hall–Kier alpha value is -1.61. The molecule has 9 heteroatoms. The van der Waals surface area contributed by atoms with E-state index >= 15 is 0 Å². The van der Waals surface area contributed by atoms with Crippen LogP contribution in [0.15, 0.2) is 57.2 Å². The number of nitrogens with zero attached hydrogens (tertiary/aromatic N) is 2. The van der Waals surface area contributed by atoms with Crippen molar-refractivity contribution in [2.45, 2.75) is 23.0 Å². The molecule has 0 bridgehead atoms. The third-order valence-corrected chi connectivity index (χ3v) is 9.37. The highest BCUT2D eigenvalue weighted by molar-refractivity contribution is 9.10. The summed E-state index contributed by atoms with van der Waals surface area (Å²) in [6.45, 7) is 1.29. The maximum absolute atomic E-state index is 13.1. The summed E-state index contributed by atoms with van der Waals surface area (Å²) in [7, 11) is -1.82. The first-order chi connectivity index (χ1) is 14.4. The van der Waals surface area contributed by atoms with Gasteiger partial charge in [-0.3, -0.25) is 0 Å². The van der Waals surface area contributed by atoms with Crippen LogP contribution in [0.25, 0.3) is 11.3 Å². The average molecular weight is 528 g/mol. The quantitative estimate of drug-likeness (QED) is 0.427. The fraction of sp³-hybridized carbons (Fsp3) is 0.286. The van der Waals surface area contributed by atoms with Crippen molar-refractivity contribution in [3.8, 4) is 17.0 Å². The molecule has 3 aromatic rings. The molecule has 0 radical (unpaired) electrons. The molecule has 1 aliphatic rings. The zero-order chi connectivity index (χ0) is 21.3. The van der Waals surface area contributed by atoms with Crippen molar-refractivity contribution >= 4 is 53.8 Å². The number of anilines is 1. The molecule has 4 rings (SSSR count). The van der Waals surface area contributed by atoms with Gasteiger partial charge in [-0.05, 0) is 55.3 Å². The average Bonchev–Trinajstić information content (AvgIpc) is 3.24. The van der Waals surface area contributed by atoms with Gasteiger partial charge in [-0.1, -0.05) is 27.5 Å². The highest BCUT2D eigenvalue weighted by Gasteiger charge is 2.33. The summed E-state index contributed by atoms with van der Waals surface area (Å²) in [6, 6.07) is 12.7. The lowest BCUT2D eigenvalue weighted by molar-refractivity contribution is 0.415. The summed E-state index contributed by atoms with van der Waals surface area (Å²) < 4.78 is 32.1. The summed E-state index contributed by atoms with van der Waals surface area (Å²) in [5, 5.41) is 2.77. The Labute approximate surface area is 193 Å². The molecular formula is C21H20BrClN2O3S2. The van der Waals surface area contributed by atoms with Gasteiger partial charge in [-0.25, -0.2) is 13.4 Å². The summed E-state index contributed by atoms with van der Waals surface area (Å²) in [6.07, 6.45) is 1.10. The molecule has 5 nitrogen and oxygen atoms in total. The van der Waals surface area contributed by atoms with E-state index < -0.39 is 15.1 Å². The van der Waals surface area contributed by atoms with Crippen LogP contribution in [0, 0.1) is 0 Å². The molecule has 30 heavy (non-hydrogen) atoms. The number of aromatic nitrogens is 1. The summed E-state index contributed by atoms with van der Waals surface area (Å²) in [4.78, 5) is 7.13. The Bertz CT molecular complexity index is 1140. The van der Waals surface area contributed by atoms with Crippen molar-refractivity contribution in [2.24, 2.45) is 0 Å². The molecule has 1 saturated heterocycles. The van der Waals surface area contributed by atoms with Crippen molar-refractivity contribution in [1.29, 1.82) is 0 Å². The minimum atomic E-state index is -3.47. The number of hydrogen-bond donors (Lipinski definition) is 0. The van der Waals surface area contributed by atoms with Crippen molar-refractivity contribution in [3.63, 3.8) is 0 Å². The molecule has 1 aliphatic heterocycles. The number of rotatable bonds is 5.